The summed E-state index contributed by atoms with van der Waals surface area (Å²) in [5.74, 6) is -0.520. The van der Waals surface area contributed by atoms with Gasteiger partial charge in [0.15, 0.2) is 0 Å². The van der Waals surface area contributed by atoms with Crippen molar-refractivity contribution in [1.82, 2.24) is 9.80 Å². The molecule has 0 bridgehead atoms. The highest BCUT2D eigenvalue weighted by Crippen LogP contribution is 2.27. The molecule has 0 aromatic carbocycles. The summed E-state index contributed by atoms with van der Waals surface area (Å²) < 4.78 is 0. The Bertz CT molecular complexity index is 328. The van der Waals surface area contributed by atoms with Crippen LogP contribution in [0, 0.1) is 11.8 Å². The number of rotatable bonds is 3. The van der Waals surface area contributed by atoms with Gasteiger partial charge in [-0.15, -0.1) is 0 Å². The van der Waals surface area contributed by atoms with E-state index in [1.807, 2.05) is 7.05 Å². The zero-order chi connectivity index (χ0) is 13.1. The number of nitrogens with zero attached hydrogens (tertiary/aromatic N) is 2. The maximum Gasteiger partial charge on any atom is 0.319 e. The molecule has 2 aliphatic rings. The molecule has 0 unspecified atom stereocenters. The third kappa shape index (κ3) is 2.94. The lowest BCUT2D eigenvalue weighted by Crippen LogP contribution is -2.49. The van der Waals surface area contributed by atoms with E-state index in [2.05, 4.69) is 0 Å². The molecule has 2 fully saturated rings. The molecule has 1 N–H and O–H groups in total. The van der Waals surface area contributed by atoms with Crippen molar-refractivity contribution in [3.05, 3.63) is 0 Å². The van der Waals surface area contributed by atoms with Crippen LogP contribution in [-0.2, 0) is 4.79 Å². The Morgan fingerprint density at radius 2 is 2.00 bits per heavy atom. The maximum absolute atomic E-state index is 12.2. The number of likely N-dealkylation sites (tertiary alicyclic amines) is 1. The van der Waals surface area contributed by atoms with Crippen LogP contribution in [-0.4, -0.2) is 53.6 Å². The minimum Gasteiger partial charge on any atom is -0.481 e. The fourth-order valence-electron chi connectivity index (χ4n) is 2.73. The van der Waals surface area contributed by atoms with E-state index in [1.165, 1.54) is 19.3 Å². The number of urea groups is 1. The molecule has 2 amide bonds. The number of carbonyl (C=O) groups excluding carboxylic acids is 1. The van der Waals surface area contributed by atoms with Crippen LogP contribution in [0.3, 0.4) is 0 Å². The number of carbonyl (C=O) groups is 2. The minimum atomic E-state index is -0.783. The first-order valence-corrected chi connectivity index (χ1v) is 6.80. The van der Waals surface area contributed by atoms with Gasteiger partial charge in [0.2, 0.25) is 0 Å². The van der Waals surface area contributed by atoms with Crippen molar-refractivity contribution in [3.8, 4) is 0 Å². The van der Waals surface area contributed by atoms with Gasteiger partial charge in [-0.1, -0.05) is 6.42 Å². The predicted molar refractivity (Wildman–Crippen MR) is 67.3 cm³/mol. The molecule has 1 aliphatic carbocycles. The summed E-state index contributed by atoms with van der Waals surface area (Å²) in [6.07, 6.45) is 5.19. The van der Waals surface area contributed by atoms with Crippen molar-refractivity contribution in [2.24, 2.45) is 11.8 Å². The number of carboxylic acid groups (broad SMARTS) is 1. The summed E-state index contributed by atoms with van der Waals surface area (Å²) in [4.78, 5) is 26.6. The van der Waals surface area contributed by atoms with Crippen molar-refractivity contribution in [1.29, 1.82) is 0 Å². The van der Waals surface area contributed by atoms with Gasteiger partial charge in [-0.2, -0.15) is 0 Å². The lowest BCUT2D eigenvalue weighted by Gasteiger charge is -2.36. The van der Waals surface area contributed by atoms with Crippen LogP contribution >= 0.6 is 0 Å². The Labute approximate surface area is 108 Å². The standard InChI is InChI=1S/C13H22N2O3/c1-14(8-10-4-2-5-10)13(18)15-7-3-6-11(9-15)12(16)17/h10-11H,2-9H2,1H3,(H,16,17)/t11-/m0/s1. The molecule has 5 heteroatoms. The second-order valence-electron chi connectivity index (χ2n) is 5.58. The highest BCUT2D eigenvalue weighted by Gasteiger charge is 2.30. The number of hydrogen-bond acceptors (Lipinski definition) is 2. The van der Waals surface area contributed by atoms with Crippen LogP contribution in [0.25, 0.3) is 0 Å². The van der Waals surface area contributed by atoms with E-state index in [-0.39, 0.29) is 11.9 Å². The molecule has 5 nitrogen and oxygen atoms in total. The van der Waals surface area contributed by atoms with E-state index in [0.717, 1.165) is 13.0 Å². The average Bonchev–Trinajstić information content (AvgIpc) is 2.32. The average molecular weight is 254 g/mol. The smallest absolute Gasteiger partial charge is 0.319 e. The Hall–Kier alpha value is -1.26. The normalized spacial score (nSPS) is 24.5. The molecule has 1 heterocycles. The Balaban J connectivity index is 1.84. The van der Waals surface area contributed by atoms with Crippen LogP contribution < -0.4 is 0 Å². The molecule has 0 aromatic heterocycles. The highest BCUT2D eigenvalue weighted by atomic mass is 16.4. The first-order chi connectivity index (χ1) is 8.58. The molecule has 1 atom stereocenters. The summed E-state index contributed by atoms with van der Waals surface area (Å²) >= 11 is 0. The van der Waals surface area contributed by atoms with Gasteiger partial charge in [-0.3, -0.25) is 4.79 Å². The zero-order valence-electron chi connectivity index (χ0n) is 11.0. The zero-order valence-corrected chi connectivity index (χ0v) is 11.0. The molecule has 1 saturated heterocycles. The van der Waals surface area contributed by atoms with Gasteiger partial charge in [0, 0.05) is 26.7 Å². The van der Waals surface area contributed by atoms with Crippen LogP contribution in [0.4, 0.5) is 4.79 Å². The first-order valence-electron chi connectivity index (χ1n) is 6.80. The molecule has 2 rings (SSSR count). The van der Waals surface area contributed by atoms with Crippen LogP contribution in [0.2, 0.25) is 0 Å². The van der Waals surface area contributed by atoms with Gasteiger partial charge in [0.25, 0.3) is 0 Å². The molecule has 1 aliphatic heterocycles. The van der Waals surface area contributed by atoms with Crippen molar-refractivity contribution in [3.63, 3.8) is 0 Å². The molecular weight excluding hydrogens is 232 g/mol. The number of aliphatic carboxylic acids is 1. The molecule has 1 saturated carbocycles. The molecule has 0 radical (unpaired) electrons. The summed E-state index contributed by atoms with van der Waals surface area (Å²) in [7, 11) is 1.82. The quantitative estimate of drug-likeness (QED) is 0.832. The van der Waals surface area contributed by atoms with Crippen LogP contribution in [0.5, 0.6) is 0 Å². The summed E-state index contributed by atoms with van der Waals surface area (Å²) in [5.41, 5.74) is 0. The highest BCUT2D eigenvalue weighted by molar-refractivity contribution is 5.76. The Morgan fingerprint density at radius 1 is 1.28 bits per heavy atom. The third-order valence-corrected chi connectivity index (χ3v) is 4.12. The summed E-state index contributed by atoms with van der Waals surface area (Å²) in [6, 6.07) is -0.00662. The number of carboxylic acids is 1. The molecule has 0 aromatic rings. The van der Waals surface area contributed by atoms with Crippen LogP contribution in [0.1, 0.15) is 32.1 Å². The second-order valence-corrected chi connectivity index (χ2v) is 5.58. The third-order valence-electron chi connectivity index (χ3n) is 4.12. The monoisotopic (exact) mass is 254 g/mol. The largest absolute Gasteiger partial charge is 0.481 e. The van der Waals surface area contributed by atoms with Crippen molar-refractivity contribution in [2.75, 3.05) is 26.7 Å². The topological polar surface area (TPSA) is 60.9 Å². The number of hydrogen-bond donors (Lipinski definition) is 1. The van der Waals surface area contributed by atoms with Gasteiger partial charge in [-0.05, 0) is 31.6 Å². The second kappa shape index (κ2) is 5.59. The van der Waals surface area contributed by atoms with E-state index in [0.29, 0.717) is 25.4 Å². The van der Waals surface area contributed by atoms with Gasteiger partial charge < -0.3 is 14.9 Å². The van der Waals surface area contributed by atoms with E-state index >= 15 is 0 Å². The number of amides is 2. The first kappa shape index (κ1) is 13.2. The lowest BCUT2D eigenvalue weighted by atomic mass is 9.85. The Morgan fingerprint density at radius 3 is 2.56 bits per heavy atom. The van der Waals surface area contributed by atoms with E-state index < -0.39 is 5.97 Å². The molecule has 18 heavy (non-hydrogen) atoms. The van der Waals surface area contributed by atoms with Gasteiger partial charge in [-0.25, -0.2) is 4.79 Å². The number of piperidine rings is 1. The predicted octanol–water partition coefficient (Wildman–Crippen LogP) is 1.63. The van der Waals surface area contributed by atoms with Crippen LogP contribution in [0.15, 0.2) is 0 Å². The minimum absolute atomic E-state index is 0.00662. The lowest BCUT2D eigenvalue weighted by molar-refractivity contribution is -0.143. The van der Waals surface area contributed by atoms with E-state index in [1.54, 1.807) is 9.80 Å². The fourth-order valence-corrected chi connectivity index (χ4v) is 2.73. The van der Waals surface area contributed by atoms with Gasteiger partial charge in [0.1, 0.15) is 0 Å². The fraction of sp³-hybridized carbons (Fsp3) is 0.846. The summed E-state index contributed by atoms with van der Waals surface area (Å²) in [6.45, 7) is 1.87. The van der Waals surface area contributed by atoms with Crippen molar-refractivity contribution < 1.29 is 14.7 Å². The Kier molecular flexibility index (Phi) is 4.09. The van der Waals surface area contributed by atoms with E-state index in [4.69, 9.17) is 5.11 Å². The van der Waals surface area contributed by atoms with Crippen molar-refractivity contribution >= 4 is 12.0 Å². The summed E-state index contributed by atoms with van der Waals surface area (Å²) in [5, 5.41) is 9.02. The SMILES string of the molecule is CN(CC1CCC1)C(=O)N1CCC[C@H](C(=O)O)C1. The molecule has 102 valence electrons. The van der Waals surface area contributed by atoms with Crippen molar-refractivity contribution in [2.45, 2.75) is 32.1 Å². The van der Waals surface area contributed by atoms with Gasteiger partial charge in [0.05, 0.1) is 5.92 Å². The maximum atomic E-state index is 12.2. The molecular formula is C13H22N2O3. The van der Waals surface area contributed by atoms with E-state index in [9.17, 15) is 9.59 Å². The molecule has 0 spiro atoms. The van der Waals surface area contributed by atoms with Gasteiger partial charge >= 0.3 is 12.0 Å².